The molecule has 6 heteroatoms. The van der Waals surface area contributed by atoms with E-state index in [-0.39, 0.29) is 11.3 Å². The summed E-state index contributed by atoms with van der Waals surface area (Å²) in [6.45, 7) is 0.588. The van der Waals surface area contributed by atoms with E-state index in [0.29, 0.717) is 29.5 Å². The number of benzene rings is 2. The molecule has 2 aromatic carbocycles. The Kier molecular flexibility index (Phi) is 3.50. The summed E-state index contributed by atoms with van der Waals surface area (Å²) in [7, 11) is 0. The number of aryl methyl sites for hydroxylation is 1. The van der Waals surface area contributed by atoms with Crippen LogP contribution < -0.4 is 5.32 Å². The fourth-order valence-electron chi connectivity index (χ4n) is 2.94. The SMILES string of the molecule is O=C(Nc1ccccc1Cl)C1=C(O)CCn2c1nc1ccccc12. The molecule has 1 amide bonds. The minimum absolute atomic E-state index is 0.0439. The molecule has 0 atom stereocenters. The van der Waals surface area contributed by atoms with E-state index in [1.165, 1.54) is 0 Å². The van der Waals surface area contributed by atoms with Gasteiger partial charge in [0.2, 0.25) is 0 Å². The van der Waals surface area contributed by atoms with Gasteiger partial charge >= 0.3 is 0 Å². The van der Waals surface area contributed by atoms with Crippen molar-refractivity contribution in [2.75, 3.05) is 5.32 Å². The van der Waals surface area contributed by atoms with E-state index in [2.05, 4.69) is 10.3 Å². The molecule has 0 spiro atoms. The average molecular weight is 340 g/mol. The van der Waals surface area contributed by atoms with Crippen LogP contribution in [-0.4, -0.2) is 20.6 Å². The number of allylic oxidation sites excluding steroid dienone is 1. The molecule has 0 bridgehead atoms. The molecule has 0 unspecified atom stereocenters. The highest BCUT2D eigenvalue weighted by Gasteiger charge is 2.28. The number of anilines is 1. The quantitative estimate of drug-likeness (QED) is 0.741. The number of para-hydroxylation sites is 3. The molecule has 0 saturated heterocycles. The first kappa shape index (κ1) is 14.8. The lowest BCUT2D eigenvalue weighted by molar-refractivity contribution is -0.111. The molecule has 0 radical (unpaired) electrons. The minimum Gasteiger partial charge on any atom is -0.511 e. The summed E-state index contributed by atoms with van der Waals surface area (Å²) in [5, 5.41) is 13.5. The van der Waals surface area contributed by atoms with Gasteiger partial charge in [-0.25, -0.2) is 4.98 Å². The highest BCUT2D eigenvalue weighted by molar-refractivity contribution is 6.35. The van der Waals surface area contributed by atoms with Gasteiger partial charge in [-0.2, -0.15) is 0 Å². The molecule has 3 aromatic rings. The Hall–Kier alpha value is -2.79. The average Bonchev–Trinajstić information content (AvgIpc) is 2.95. The van der Waals surface area contributed by atoms with Gasteiger partial charge in [0, 0.05) is 13.0 Å². The normalized spacial score (nSPS) is 13.9. The Morgan fingerprint density at radius 2 is 1.92 bits per heavy atom. The topological polar surface area (TPSA) is 67.2 Å². The molecule has 0 fully saturated rings. The van der Waals surface area contributed by atoms with E-state index in [9.17, 15) is 9.90 Å². The molecule has 0 saturated carbocycles. The largest absolute Gasteiger partial charge is 0.511 e. The van der Waals surface area contributed by atoms with Crippen molar-refractivity contribution in [2.24, 2.45) is 0 Å². The number of hydrogen-bond donors (Lipinski definition) is 2. The molecule has 24 heavy (non-hydrogen) atoms. The molecule has 1 aliphatic rings. The third-order valence-electron chi connectivity index (χ3n) is 4.09. The van der Waals surface area contributed by atoms with Gasteiger partial charge in [-0.15, -0.1) is 0 Å². The van der Waals surface area contributed by atoms with Crippen molar-refractivity contribution in [3.8, 4) is 0 Å². The lowest BCUT2D eigenvalue weighted by Crippen LogP contribution is -2.22. The smallest absolute Gasteiger partial charge is 0.262 e. The van der Waals surface area contributed by atoms with Crippen molar-refractivity contribution in [3.05, 3.63) is 65.1 Å². The molecule has 5 nitrogen and oxygen atoms in total. The van der Waals surface area contributed by atoms with Crippen LogP contribution in [0, 0.1) is 0 Å². The molecular formula is C18H14ClN3O2. The standard InChI is InChI=1S/C18H14ClN3O2/c19-11-5-1-2-6-12(11)21-18(24)16-15(23)9-10-22-14-8-4-3-7-13(14)20-17(16)22/h1-8,23H,9-10H2,(H,21,24). The number of nitrogens with one attached hydrogen (secondary N) is 1. The van der Waals surface area contributed by atoms with Crippen LogP contribution in [0.5, 0.6) is 0 Å². The Bertz CT molecular complexity index is 991. The predicted octanol–water partition coefficient (Wildman–Crippen LogP) is 4.00. The number of aliphatic hydroxyl groups is 1. The summed E-state index contributed by atoms with van der Waals surface area (Å²) in [5.74, 6) is 0.101. The molecule has 120 valence electrons. The van der Waals surface area contributed by atoms with E-state index >= 15 is 0 Å². The van der Waals surface area contributed by atoms with Crippen LogP contribution in [0.1, 0.15) is 12.2 Å². The number of aromatic nitrogens is 2. The number of fused-ring (bicyclic) bond motifs is 3. The van der Waals surface area contributed by atoms with Crippen LogP contribution >= 0.6 is 11.6 Å². The van der Waals surface area contributed by atoms with E-state index in [1.54, 1.807) is 24.3 Å². The zero-order valence-electron chi connectivity index (χ0n) is 12.7. The summed E-state index contributed by atoms with van der Waals surface area (Å²) >= 11 is 6.09. The van der Waals surface area contributed by atoms with Crippen molar-refractivity contribution < 1.29 is 9.90 Å². The van der Waals surface area contributed by atoms with Gasteiger partial charge in [-0.3, -0.25) is 4.79 Å². The van der Waals surface area contributed by atoms with Crippen LogP contribution in [0.25, 0.3) is 16.6 Å². The molecule has 4 rings (SSSR count). The summed E-state index contributed by atoms with van der Waals surface area (Å²) in [6.07, 6.45) is 0.388. The van der Waals surface area contributed by atoms with E-state index in [4.69, 9.17) is 11.6 Å². The molecule has 1 aromatic heterocycles. The third-order valence-corrected chi connectivity index (χ3v) is 4.42. The summed E-state index contributed by atoms with van der Waals surface area (Å²) in [5.41, 5.74) is 2.43. The summed E-state index contributed by atoms with van der Waals surface area (Å²) in [6, 6.07) is 14.7. The maximum atomic E-state index is 12.7. The minimum atomic E-state index is -0.420. The van der Waals surface area contributed by atoms with Gasteiger partial charge in [0.15, 0.2) is 0 Å². The fraction of sp³-hybridized carbons (Fsp3) is 0.111. The van der Waals surface area contributed by atoms with Gasteiger partial charge < -0.3 is 15.0 Å². The van der Waals surface area contributed by atoms with Gasteiger partial charge in [0.25, 0.3) is 5.91 Å². The molecular weight excluding hydrogens is 326 g/mol. The first-order chi connectivity index (χ1) is 11.6. The number of amides is 1. The van der Waals surface area contributed by atoms with Crippen molar-refractivity contribution in [1.29, 1.82) is 0 Å². The number of hydrogen-bond acceptors (Lipinski definition) is 3. The Morgan fingerprint density at radius 3 is 2.75 bits per heavy atom. The lowest BCUT2D eigenvalue weighted by Gasteiger charge is -2.18. The molecule has 1 aliphatic heterocycles. The highest BCUT2D eigenvalue weighted by atomic mass is 35.5. The van der Waals surface area contributed by atoms with Crippen molar-refractivity contribution in [2.45, 2.75) is 13.0 Å². The van der Waals surface area contributed by atoms with Crippen molar-refractivity contribution in [3.63, 3.8) is 0 Å². The number of carbonyl (C=O) groups excluding carboxylic acids is 1. The second-order valence-corrected chi connectivity index (χ2v) is 5.99. The third kappa shape index (κ3) is 2.34. The van der Waals surface area contributed by atoms with Gasteiger partial charge in [0.05, 0.1) is 21.7 Å². The van der Waals surface area contributed by atoms with E-state index in [1.807, 2.05) is 28.8 Å². The van der Waals surface area contributed by atoms with E-state index < -0.39 is 5.91 Å². The first-order valence-corrected chi connectivity index (χ1v) is 7.96. The zero-order chi connectivity index (χ0) is 16.7. The fourth-order valence-corrected chi connectivity index (χ4v) is 3.13. The molecule has 2 heterocycles. The number of imidazole rings is 1. The Morgan fingerprint density at radius 1 is 1.17 bits per heavy atom. The number of halogens is 1. The zero-order valence-corrected chi connectivity index (χ0v) is 13.4. The predicted molar refractivity (Wildman–Crippen MR) is 94.0 cm³/mol. The maximum Gasteiger partial charge on any atom is 0.262 e. The lowest BCUT2D eigenvalue weighted by atomic mass is 10.1. The number of nitrogens with zero attached hydrogens (tertiary/aromatic N) is 2. The van der Waals surface area contributed by atoms with Crippen molar-refractivity contribution >= 4 is 39.8 Å². The number of carbonyl (C=O) groups is 1. The Balaban J connectivity index is 1.78. The first-order valence-electron chi connectivity index (χ1n) is 7.59. The Labute approximate surface area is 143 Å². The van der Waals surface area contributed by atoms with Gasteiger partial charge in [-0.05, 0) is 24.3 Å². The monoisotopic (exact) mass is 339 g/mol. The van der Waals surface area contributed by atoms with Crippen LogP contribution in [-0.2, 0) is 11.3 Å². The van der Waals surface area contributed by atoms with Crippen LogP contribution in [0.15, 0.2) is 54.3 Å². The van der Waals surface area contributed by atoms with Crippen LogP contribution in [0.4, 0.5) is 5.69 Å². The molecule has 0 aliphatic carbocycles. The highest BCUT2D eigenvalue weighted by Crippen LogP contribution is 2.31. The van der Waals surface area contributed by atoms with Gasteiger partial charge in [-0.1, -0.05) is 35.9 Å². The number of aliphatic hydroxyl groups excluding tert-OH is 1. The maximum absolute atomic E-state index is 12.7. The number of rotatable bonds is 2. The second kappa shape index (κ2) is 5.69. The van der Waals surface area contributed by atoms with Crippen molar-refractivity contribution in [1.82, 2.24) is 9.55 Å². The van der Waals surface area contributed by atoms with E-state index in [0.717, 1.165) is 11.0 Å². The molecule has 2 N–H and O–H groups in total. The van der Waals surface area contributed by atoms with Gasteiger partial charge in [0.1, 0.15) is 17.2 Å². The second-order valence-electron chi connectivity index (χ2n) is 5.58. The summed E-state index contributed by atoms with van der Waals surface area (Å²) in [4.78, 5) is 17.3. The van der Waals surface area contributed by atoms with Crippen LogP contribution in [0.2, 0.25) is 5.02 Å². The van der Waals surface area contributed by atoms with Crippen LogP contribution in [0.3, 0.4) is 0 Å². The summed E-state index contributed by atoms with van der Waals surface area (Å²) < 4.78 is 1.95.